The molecule has 1 aliphatic heterocycles. The Labute approximate surface area is 163 Å². The third-order valence-electron chi connectivity index (χ3n) is 5.43. The molecule has 0 radical (unpaired) electrons. The third-order valence-corrected chi connectivity index (χ3v) is 5.43. The summed E-state index contributed by atoms with van der Waals surface area (Å²) in [6.07, 6.45) is 6.59. The van der Waals surface area contributed by atoms with Gasteiger partial charge < -0.3 is 20.1 Å². The standard InChI is InChI=1S/C21H34N4O2/c1-22-21(23-9-4-5-16-6-7-16)24-18-8-10-25(15-18)14-17-11-19(26-2)13-20(12-17)27-3/h11-13,16,18H,4-10,14-15H2,1-3H3,(H2,22,23,24). The van der Waals surface area contributed by atoms with Gasteiger partial charge in [-0.1, -0.05) is 12.8 Å². The van der Waals surface area contributed by atoms with Crippen LogP contribution in [0.4, 0.5) is 0 Å². The maximum atomic E-state index is 5.38. The van der Waals surface area contributed by atoms with Crippen LogP contribution in [0.1, 0.15) is 37.7 Å². The maximum Gasteiger partial charge on any atom is 0.191 e. The number of hydrogen-bond acceptors (Lipinski definition) is 4. The summed E-state index contributed by atoms with van der Waals surface area (Å²) in [4.78, 5) is 6.85. The molecule has 1 heterocycles. The molecule has 1 saturated heterocycles. The van der Waals surface area contributed by atoms with E-state index in [9.17, 15) is 0 Å². The van der Waals surface area contributed by atoms with Crippen molar-refractivity contribution in [1.29, 1.82) is 0 Å². The van der Waals surface area contributed by atoms with Crippen molar-refractivity contribution in [1.82, 2.24) is 15.5 Å². The monoisotopic (exact) mass is 374 g/mol. The minimum Gasteiger partial charge on any atom is -0.497 e. The molecule has 3 rings (SSSR count). The van der Waals surface area contributed by atoms with Gasteiger partial charge in [0.1, 0.15) is 11.5 Å². The van der Waals surface area contributed by atoms with Gasteiger partial charge in [-0.25, -0.2) is 0 Å². The molecular formula is C21H34N4O2. The van der Waals surface area contributed by atoms with Gasteiger partial charge in [-0.05, 0) is 42.9 Å². The van der Waals surface area contributed by atoms with E-state index < -0.39 is 0 Å². The number of aliphatic imine (C=N–C) groups is 1. The van der Waals surface area contributed by atoms with Crippen molar-refractivity contribution >= 4 is 5.96 Å². The first kappa shape index (κ1) is 19.8. The molecule has 0 bridgehead atoms. The van der Waals surface area contributed by atoms with Crippen molar-refractivity contribution in [3.63, 3.8) is 0 Å². The van der Waals surface area contributed by atoms with E-state index in [2.05, 4.69) is 32.7 Å². The highest BCUT2D eigenvalue weighted by atomic mass is 16.5. The Kier molecular flexibility index (Phi) is 7.21. The van der Waals surface area contributed by atoms with Gasteiger partial charge in [0.2, 0.25) is 0 Å². The lowest BCUT2D eigenvalue weighted by molar-refractivity contribution is 0.321. The first-order valence-electron chi connectivity index (χ1n) is 10.1. The van der Waals surface area contributed by atoms with Crippen LogP contribution in [0.3, 0.4) is 0 Å². The lowest BCUT2D eigenvalue weighted by Gasteiger charge is -2.19. The average Bonchev–Trinajstić information content (AvgIpc) is 3.42. The number of methoxy groups -OCH3 is 2. The Hall–Kier alpha value is -1.95. The number of rotatable bonds is 9. The zero-order chi connectivity index (χ0) is 19.1. The van der Waals surface area contributed by atoms with Gasteiger partial charge >= 0.3 is 0 Å². The van der Waals surface area contributed by atoms with Crippen LogP contribution in [0, 0.1) is 5.92 Å². The van der Waals surface area contributed by atoms with E-state index in [1.807, 2.05) is 13.1 Å². The molecule has 0 amide bonds. The number of hydrogen-bond donors (Lipinski definition) is 2. The Morgan fingerprint density at radius 2 is 1.89 bits per heavy atom. The van der Waals surface area contributed by atoms with Crippen LogP contribution in [-0.2, 0) is 6.54 Å². The van der Waals surface area contributed by atoms with Crippen molar-refractivity contribution in [2.24, 2.45) is 10.9 Å². The minimum atomic E-state index is 0.437. The number of guanidine groups is 1. The van der Waals surface area contributed by atoms with E-state index in [1.165, 1.54) is 31.2 Å². The third kappa shape index (κ3) is 6.31. The second-order valence-corrected chi connectivity index (χ2v) is 7.67. The molecule has 2 fully saturated rings. The molecule has 6 heteroatoms. The van der Waals surface area contributed by atoms with E-state index >= 15 is 0 Å². The molecule has 6 nitrogen and oxygen atoms in total. The number of ether oxygens (including phenoxy) is 2. The van der Waals surface area contributed by atoms with Gasteiger partial charge in [0.15, 0.2) is 5.96 Å². The normalized spacial score (nSPS) is 20.6. The lowest BCUT2D eigenvalue weighted by Crippen LogP contribution is -2.44. The van der Waals surface area contributed by atoms with Crippen molar-refractivity contribution < 1.29 is 9.47 Å². The smallest absolute Gasteiger partial charge is 0.191 e. The topological polar surface area (TPSA) is 58.1 Å². The summed E-state index contributed by atoms with van der Waals surface area (Å²) < 4.78 is 10.8. The fourth-order valence-corrected chi connectivity index (χ4v) is 3.70. The van der Waals surface area contributed by atoms with Gasteiger partial charge in [0, 0.05) is 45.3 Å². The van der Waals surface area contributed by atoms with Crippen molar-refractivity contribution in [3.05, 3.63) is 23.8 Å². The second kappa shape index (κ2) is 9.83. The van der Waals surface area contributed by atoms with Crippen LogP contribution >= 0.6 is 0 Å². The summed E-state index contributed by atoms with van der Waals surface area (Å²) in [6, 6.07) is 6.52. The Balaban J connectivity index is 1.43. The minimum absolute atomic E-state index is 0.437. The SMILES string of the molecule is CN=C(NCCCC1CC1)NC1CCN(Cc2cc(OC)cc(OC)c2)C1. The molecule has 1 saturated carbocycles. The highest BCUT2D eigenvalue weighted by molar-refractivity contribution is 5.79. The first-order chi connectivity index (χ1) is 13.2. The summed E-state index contributed by atoms with van der Waals surface area (Å²) in [6.45, 7) is 4.01. The zero-order valence-corrected chi connectivity index (χ0v) is 17.0. The molecule has 1 atom stereocenters. The summed E-state index contributed by atoms with van der Waals surface area (Å²) >= 11 is 0. The number of benzene rings is 1. The van der Waals surface area contributed by atoms with Gasteiger partial charge in [-0.15, -0.1) is 0 Å². The van der Waals surface area contributed by atoms with Crippen molar-refractivity contribution in [2.45, 2.75) is 44.7 Å². The van der Waals surface area contributed by atoms with Crippen molar-refractivity contribution in [3.8, 4) is 11.5 Å². The molecule has 1 aromatic carbocycles. The fourth-order valence-electron chi connectivity index (χ4n) is 3.70. The van der Waals surface area contributed by atoms with Crippen LogP contribution in [0.15, 0.2) is 23.2 Å². The first-order valence-corrected chi connectivity index (χ1v) is 10.1. The van der Waals surface area contributed by atoms with Gasteiger partial charge in [0.25, 0.3) is 0 Å². The molecule has 0 spiro atoms. The predicted molar refractivity (Wildman–Crippen MR) is 110 cm³/mol. The Bertz CT molecular complexity index is 608. The van der Waals surface area contributed by atoms with Crippen LogP contribution in [0.25, 0.3) is 0 Å². The average molecular weight is 375 g/mol. The summed E-state index contributed by atoms with van der Waals surface area (Å²) in [5.74, 6) is 3.61. The number of nitrogens with zero attached hydrogens (tertiary/aromatic N) is 2. The molecule has 150 valence electrons. The second-order valence-electron chi connectivity index (χ2n) is 7.67. The van der Waals surface area contributed by atoms with E-state index in [4.69, 9.17) is 9.47 Å². The van der Waals surface area contributed by atoms with Crippen molar-refractivity contribution in [2.75, 3.05) is 40.9 Å². The molecule has 2 N–H and O–H groups in total. The Morgan fingerprint density at radius 3 is 2.52 bits per heavy atom. The van der Waals surface area contributed by atoms with E-state index in [-0.39, 0.29) is 0 Å². The molecule has 1 aliphatic carbocycles. The highest BCUT2D eigenvalue weighted by Gasteiger charge is 2.24. The quantitative estimate of drug-likeness (QED) is 0.395. The predicted octanol–water partition coefficient (Wildman–Crippen LogP) is 2.63. The molecular weight excluding hydrogens is 340 g/mol. The molecule has 27 heavy (non-hydrogen) atoms. The van der Waals surface area contributed by atoms with Crippen LogP contribution < -0.4 is 20.1 Å². The van der Waals surface area contributed by atoms with Gasteiger partial charge in [-0.2, -0.15) is 0 Å². The summed E-state index contributed by atoms with van der Waals surface area (Å²) in [5, 5.41) is 7.04. The van der Waals surface area contributed by atoms with Gasteiger partial charge in [0.05, 0.1) is 14.2 Å². The van der Waals surface area contributed by atoms with E-state index in [0.717, 1.165) is 56.0 Å². The molecule has 0 aromatic heterocycles. The number of likely N-dealkylation sites (tertiary alicyclic amines) is 1. The van der Waals surface area contributed by atoms with E-state index in [0.29, 0.717) is 6.04 Å². The van der Waals surface area contributed by atoms with Crippen LogP contribution in [0.5, 0.6) is 11.5 Å². The summed E-state index contributed by atoms with van der Waals surface area (Å²) in [7, 11) is 5.24. The Morgan fingerprint density at radius 1 is 1.15 bits per heavy atom. The highest BCUT2D eigenvalue weighted by Crippen LogP contribution is 2.33. The van der Waals surface area contributed by atoms with Crippen LogP contribution in [-0.4, -0.2) is 57.8 Å². The van der Waals surface area contributed by atoms with Crippen LogP contribution in [0.2, 0.25) is 0 Å². The van der Waals surface area contributed by atoms with Gasteiger partial charge in [-0.3, -0.25) is 9.89 Å². The molecule has 2 aliphatic rings. The largest absolute Gasteiger partial charge is 0.497 e. The summed E-state index contributed by atoms with van der Waals surface area (Å²) in [5.41, 5.74) is 1.22. The molecule has 1 unspecified atom stereocenters. The lowest BCUT2D eigenvalue weighted by atomic mass is 10.2. The number of nitrogens with one attached hydrogen (secondary N) is 2. The molecule has 1 aromatic rings. The fraction of sp³-hybridized carbons (Fsp3) is 0.667. The maximum absolute atomic E-state index is 5.38. The van der Waals surface area contributed by atoms with E-state index in [1.54, 1.807) is 14.2 Å². The zero-order valence-electron chi connectivity index (χ0n) is 17.0.